The van der Waals surface area contributed by atoms with Crippen molar-refractivity contribution in [1.29, 1.82) is 0 Å². The van der Waals surface area contributed by atoms with Crippen LogP contribution in [0.15, 0.2) is 29.1 Å². The maximum absolute atomic E-state index is 12.5. The molecule has 1 amide bonds. The van der Waals surface area contributed by atoms with Crippen LogP contribution in [-0.4, -0.2) is 31.1 Å². The van der Waals surface area contributed by atoms with Gasteiger partial charge in [-0.2, -0.15) is 4.68 Å². The maximum atomic E-state index is 12.5. The SMILES string of the molecule is CC(C)c1nnc(NC(=O)[C@@H](C)n2nnc3ccccc3c2=O)s1. The molecule has 0 radical (unpaired) electrons. The zero-order valence-electron chi connectivity index (χ0n) is 13.4. The predicted molar refractivity (Wildman–Crippen MR) is 91.1 cm³/mol. The van der Waals surface area contributed by atoms with E-state index < -0.39 is 11.9 Å². The number of carbonyl (C=O) groups excluding carboxylic acids is 1. The van der Waals surface area contributed by atoms with Gasteiger partial charge in [-0.1, -0.05) is 42.5 Å². The first-order chi connectivity index (χ1) is 11.5. The third kappa shape index (κ3) is 3.02. The molecule has 0 bridgehead atoms. The minimum atomic E-state index is -0.819. The van der Waals surface area contributed by atoms with Crippen LogP contribution >= 0.6 is 11.3 Å². The summed E-state index contributed by atoms with van der Waals surface area (Å²) in [6, 6.07) is 6.06. The molecule has 0 saturated carbocycles. The predicted octanol–water partition coefficient (Wildman–Crippen LogP) is 1.97. The lowest BCUT2D eigenvalue weighted by molar-refractivity contribution is -0.119. The van der Waals surface area contributed by atoms with E-state index in [4.69, 9.17) is 0 Å². The number of carbonyl (C=O) groups is 1. The second kappa shape index (κ2) is 6.44. The molecule has 0 aliphatic rings. The van der Waals surface area contributed by atoms with E-state index >= 15 is 0 Å². The highest BCUT2D eigenvalue weighted by Gasteiger charge is 2.21. The standard InChI is InChI=1S/C15H16N6O2S/c1-8(2)13-18-19-15(24-13)16-12(22)9(3)21-14(23)10-6-4-5-7-11(10)17-20-21/h4-9H,1-3H3,(H,16,19,22)/t9-/m1/s1. The average Bonchev–Trinajstić information content (AvgIpc) is 3.03. The Morgan fingerprint density at radius 3 is 2.62 bits per heavy atom. The van der Waals surface area contributed by atoms with Crippen molar-refractivity contribution in [3.63, 3.8) is 0 Å². The number of nitrogens with one attached hydrogen (secondary N) is 1. The molecule has 1 atom stereocenters. The molecular formula is C15H16N6O2S. The fourth-order valence-electron chi connectivity index (χ4n) is 2.09. The van der Waals surface area contributed by atoms with Crippen LogP contribution in [0.1, 0.15) is 37.7 Å². The van der Waals surface area contributed by atoms with E-state index in [2.05, 4.69) is 25.8 Å². The molecule has 24 heavy (non-hydrogen) atoms. The Morgan fingerprint density at radius 1 is 1.17 bits per heavy atom. The smallest absolute Gasteiger partial charge is 0.278 e. The summed E-state index contributed by atoms with van der Waals surface area (Å²) in [6.45, 7) is 5.59. The van der Waals surface area contributed by atoms with Gasteiger partial charge in [-0.3, -0.25) is 14.9 Å². The van der Waals surface area contributed by atoms with Gasteiger partial charge in [-0.15, -0.1) is 15.3 Å². The highest BCUT2D eigenvalue weighted by Crippen LogP contribution is 2.23. The van der Waals surface area contributed by atoms with Gasteiger partial charge in [0.25, 0.3) is 11.5 Å². The van der Waals surface area contributed by atoms with Crippen molar-refractivity contribution in [2.45, 2.75) is 32.7 Å². The lowest BCUT2D eigenvalue weighted by Crippen LogP contribution is -2.34. The van der Waals surface area contributed by atoms with Crippen LogP contribution in [0.5, 0.6) is 0 Å². The van der Waals surface area contributed by atoms with Crippen LogP contribution in [0.2, 0.25) is 0 Å². The molecule has 1 aromatic carbocycles. The first-order valence-corrected chi connectivity index (χ1v) is 8.27. The number of hydrogen-bond donors (Lipinski definition) is 1. The van der Waals surface area contributed by atoms with E-state index in [1.807, 2.05) is 13.8 Å². The summed E-state index contributed by atoms with van der Waals surface area (Å²) >= 11 is 1.31. The molecule has 1 N–H and O–H groups in total. The summed E-state index contributed by atoms with van der Waals surface area (Å²) < 4.78 is 1.07. The number of hydrogen-bond acceptors (Lipinski definition) is 7. The van der Waals surface area contributed by atoms with Gasteiger partial charge in [0.05, 0.1) is 5.39 Å². The molecule has 3 rings (SSSR count). The number of benzene rings is 1. The van der Waals surface area contributed by atoms with Crippen LogP contribution in [0.4, 0.5) is 5.13 Å². The average molecular weight is 344 g/mol. The molecule has 3 aromatic rings. The van der Waals surface area contributed by atoms with Crippen molar-refractivity contribution >= 4 is 33.3 Å². The van der Waals surface area contributed by atoms with E-state index in [-0.39, 0.29) is 11.5 Å². The fourth-order valence-corrected chi connectivity index (χ4v) is 2.84. The lowest BCUT2D eigenvalue weighted by Gasteiger charge is -2.12. The lowest BCUT2D eigenvalue weighted by atomic mass is 10.2. The zero-order valence-corrected chi connectivity index (χ0v) is 14.2. The Hall–Kier alpha value is -2.68. The third-order valence-corrected chi connectivity index (χ3v) is 4.64. The second-order valence-corrected chi connectivity index (χ2v) is 6.63. The topological polar surface area (TPSA) is 103 Å². The van der Waals surface area contributed by atoms with E-state index in [9.17, 15) is 9.59 Å². The van der Waals surface area contributed by atoms with E-state index in [0.717, 1.165) is 9.69 Å². The van der Waals surface area contributed by atoms with E-state index in [1.165, 1.54) is 11.3 Å². The highest BCUT2D eigenvalue weighted by molar-refractivity contribution is 7.15. The fraction of sp³-hybridized carbons (Fsp3) is 0.333. The van der Waals surface area contributed by atoms with Crippen molar-refractivity contribution in [2.24, 2.45) is 0 Å². The molecule has 2 aromatic heterocycles. The minimum absolute atomic E-state index is 0.236. The molecule has 0 fully saturated rings. The van der Waals surface area contributed by atoms with E-state index in [1.54, 1.807) is 31.2 Å². The number of rotatable bonds is 4. The van der Waals surface area contributed by atoms with Gasteiger partial charge >= 0.3 is 0 Å². The summed E-state index contributed by atoms with van der Waals surface area (Å²) in [5, 5.41) is 20.1. The summed E-state index contributed by atoms with van der Waals surface area (Å²) in [5.41, 5.74) is 0.139. The quantitative estimate of drug-likeness (QED) is 0.776. The summed E-state index contributed by atoms with van der Waals surface area (Å²) in [7, 11) is 0. The van der Waals surface area contributed by atoms with Crippen molar-refractivity contribution in [3.8, 4) is 0 Å². The summed E-state index contributed by atoms with van der Waals surface area (Å²) in [6.07, 6.45) is 0. The number of fused-ring (bicyclic) bond motifs is 1. The van der Waals surface area contributed by atoms with Gasteiger partial charge in [0.1, 0.15) is 16.6 Å². The van der Waals surface area contributed by atoms with Crippen LogP contribution < -0.4 is 10.9 Å². The first kappa shape index (κ1) is 16.2. The molecule has 0 aliphatic heterocycles. The van der Waals surface area contributed by atoms with Crippen LogP contribution in [0.3, 0.4) is 0 Å². The Bertz CT molecular complexity index is 948. The molecule has 0 saturated heterocycles. The van der Waals surface area contributed by atoms with Gasteiger partial charge in [-0.25, -0.2) is 0 Å². The minimum Gasteiger partial charge on any atom is -0.299 e. The van der Waals surface area contributed by atoms with Crippen molar-refractivity contribution in [2.75, 3.05) is 5.32 Å². The molecule has 9 heteroatoms. The van der Waals surface area contributed by atoms with Gasteiger partial charge in [0.2, 0.25) is 5.13 Å². The summed E-state index contributed by atoms with van der Waals surface area (Å²) in [5.74, 6) is -0.160. The number of amides is 1. The highest BCUT2D eigenvalue weighted by atomic mass is 32.1. The Kier molecular flexibility index (Phi) is 4.34. The zero-order chi connectivity index (χ0) is 17.3. The molecule has 8 nitrogen and oxygen atoms in total. The molecule has 124 valence electrons. The Balaban J connectivity index is 1.85. The number of anilines is 1. The number of aromatic nitrogens is 5. The van der Waals surface area contributed by atoms with Crippen LogP contribution in [0, 0.1) is 0 Å². The van der Waals surface area contributed by atoms with Crippen molar-refractivity contribution in [3.05, 3.63) is 39.6 Å². The first-order valence-electron chi connectivity index (χ1n) is 7.46. The molecule has 0 unspecified atom stereocenters. The summed E-state index contributed by atoms with van der Waals surface area (Å²) in [4.78, 5) is 24.9. The third-order valence-electron chi connectivity index (χ3n) is 3.50. The molecule has 0 spiro atoms. The van der Waals surface area contributed by atoms with Gasteiger partial charge < -0.3 is 0 Å². The Labute approximate surface area is 141 Å². The van der Waals surface area contributed by atoms with Gasteiger partial charge in [0.15, 0.2) is 0 Å². The maximum Gasteiger partial charge on any atom is 0.278 e. The van der Waals surface area contributed by atoms with Crippen LogP contribution in [0.25, 0.3) is 10.9 Å². The monoisotopic (exact) mass is 344 g/mol. The van der Waals surface area contributed by atoms with Crippen LogP contribution in [-0.2, 0) is 4.79 Å². The van der Waals surface area contributed by atoms with Gasteiger partial charge in [0, 0.05) is 5.92 Å². The second-order valence-electron chi connectivity index (χ2n) is 5.62. The molecular weight excluding hydrogens is 328 g/mol. The van der Waals surface area contributed by atoms with E-state index in [0.29, 0.717) is 16.0 Å². The largest absolute Gasteiger partial charge is 0.299 e. The normalized spacial score (nSPS) is 12.5. The molecule has 0 aliphatic carbocycles. The van der Waals surface area contributed by atoms with Gasteiger partial charge in [-0.05, 0) is 19.1 Å². The van der Waals surface area contributed by atoms with Crippen molar-refractivity contribution in [1.82, 2.24) is 25.2 Å². The number of nitrogens with zero attached hydrogens (tertiary/aromatic N) is 5. The Morgan fingerprint density at radius 2 is 1.92 bits per heavy atom. The molecule has 2 heterocycles. The van der Waals surface area contributed by atoms with Crippen molar-refractivity contribution < 1.29 is 4.79 Å².